The maximum absolute atomic E-state index is 13.5. The van der Waals surface area contributed by atoms with Gasteiger partial charge in [0.1, 0.15) is 11.9 Å². The van der Waals surface area contributed by atoms with E-state index in [9.17, 15) is 4.39 Å². The van der Waals surface area contributed by atoms with Crippen LogP contribution in [0.4, 0.5) is 4.39 Å². The predicted molar refractivity (Wildman–Crippen MR) is 52.4 cm³/mol. The molecule has 76 valence electrons. The molecular formula is C11H14FNO. The van der Waals surface area contributed by atoms with E-state index in [0.29, 0.717) is 12.2 Å². The maximum atomic E-state index is 13.5. The average molecular weight is 195 g/mol. The van der Waals surface area contributed by atoms with E-state index >= 15 is 0 Å². The van der Waals surface area contributed by atoms with Gasteiger partial charge in [-0.3, -0.25) is 0 Å². The van der Waals surface area contributed by atoms with E-state index in [4.69, 9.17) is 10.5 Å². The number of nitrogens with two attached hydrogens (primary N) is 1. The van der Waals surface area contributed by atoms with Crippen molar-refractivity contribution in [1.29, 1.82) is 0 Å². The second-order valence-electron chi connectivity index (χ2n) is 3.71. The van der Waals surface area contributed by atoms with Crippen LogP contribution in [0.25, 0.3) is 0 Å². The van der Waals surface area contributed by atoms with Gasteiger partial charge in [-0.2, -0.15) is 0 Å². The minimum absolute atomic E-state index is 0.175. The van der Waals surface area contributed by atoms with Crippen LogP contribution in [0.2, 0.25) is 0 Å². The number of benzene rings is 1. The molecule has 14 heavy (non-hydrogen) atoms. The van der Waals surface area contributed by atoms with E-state index in [1.807, 2.05) is 13.0 Å². The third-order valence-electron chi connectivity index (χ3n) is 2.57. The molecule has 2 nitrogen and oxygen atoms in total. The van der Waals surface area contributed by atoms with Crippen molar-refractivity contribution in [3.8, 4) is 0 Å². The van der Waals surface area contributed by atoms with Crippen molar-refractivity contribution in [3.05, 3.63) is 35.1 Å². The highest BCUT2D eigenvalue weighted by molar-refractivity contribution is 5.33. The fraction of sp³-hybridized carbons (Fsp3) is 0.455. The second-order valence-corrected chi connectivity index (χ2v) is 3.71. The highest BCUT2D eigenvalue weighted by atomic mass is 19.1. The molecule has 0 spiro atoms. The molecule has 2 rings (SSSR count). The Morgan fingerprint density at radius 2 is 2.36 bits per heavy atom. The zero-order valence-corrected chi connectivity index (χ0v) is 8.16. The summed E-state index contributed by atoms with van der Waals surface area (Å²) in [5.41, 5.74) is 7.43. The summed E-state index contributed by atoms with van der Waals surface area (Å²) >= 11 is 0. The van der Waals surface area contributed by atoms with Gasteiger partial charge in [0.25, 0.3) is 0 Å². The Hall–Kier alpha value is -0.930. The van der Waals surface area contributed by atoms with Gasteiger partial charge in [-0.15, -0.1) is 0 Å². The molecule has 1 aromatic rings. The van der Waals surface area contributed by atoms with Crippen molar-refractivity contribution in [3.63, 3.8) is 0 Å². The Balaban J connectivity index is 2.47. The maximum Gasteiger partial charge on any atom is 0.129 e. The van der Waals surface area contributed by atoms with Crippen molar-refractivity contribution >= 4 is 0 Å². The summed E-state index contributed by atoms with van der Waals surface area (Å²) < 4.78 is 19.0. The van der Waals surface area contributed by atoms with E-state index < -0.39 is 0 Å². The Morgan fingerprint density at radius 3 is 3.07 bits per heavy atom. The van der Waals surface area contributed by atoms with Gasteiger partial charge in [0.05, 0.1) is 6.61 Å². The van der Waals surface area contributed by atoms with Gasteiger partial charge < -0.3 is 10.5 Å². The van der Waals surface area contributed by atoms with E-state index in [1.54, 1.807) is 6.07 Å². The van der Waals surface area contributed by atoms with Crippen LogP contribution >= 0.6 is 0 Å². The number of fused-ring (bicyclic) bond motifs is 1. The van der Waals surface area contributed by atoms with Crippen LogP contribution in [0.15, 0.2) is 18.2 Å². The summed E-state index contributed by atoms with van der Waals surface area (Å²) in [4.78, 5) is 0. The van der Waals surface area contributed by atoms with Gasteiger partial charge in [-0.05, 0) is 25.0 Å². The molecule has 0 amide bonds. The number of halogens is 1. The predicted octanol–water partition coefficient (Wildman–Crippen LogP) is 1.79. The second kappa shape index (κ2) is 3.67. The molecule has 1 aliphatic heterocycles. The minimum Gasteiger partial charge on any atom is -0.371 e. The van der Waals surface area contributed by atoms with Crippen LogP contribution in [0.5, 0.6) is 0 Å². The molecule has 0 radical (unpaired) electrons. The Kier molecular flexibility index (Phi) is 2.52. The number of hydrogen-bond donors (Lipinski definition) is 1. The van der Waals surface area contributed by atoms with Gasteiger partial charge >= 0.3 is 0 Å². The van der Waals surface area contributed by atoms with Crippen molar-refractivity contribution in [2.24, 2.45) is 5.73 Å². The van der Waals surface area contributed by atoms with Crippen LogP contribution in [0, 0.1) is 5.82 Å². The molecule has 0 saturated carbocycles. The lowest BCUT2D eigenvalue weighted by Gasteiger charge is -2.28. The van der Waals surface area contributed by atoms with Crippen LogP contribution in [-0.2, 0) is 11.2 Å². The molecular weight excluding hydrogens is 181 g/mol. The first-order valence-electron chi connectivity index (χ1n) is 4.84. The number of hydrogen-bond acceptors (Lipinski definition) is 2. The Bertz CT molecular complexity index is 338. The summed E-state index contributed by atoms with van der Waals surface area (Å²) in [5.74, 6) is -0.204. The molecule has 0 aliphatic carbocycles. The third-order valence-corrected chi connectivity index (χ3v) is 2.57. The average Bonchev–Trinajstić information content (AvgIpc) is 2.17. The summed E-state index contributed by atoms with van der Waals surface area (Å²) in [6, 6.07) is 4.96. The molecule has 1 aromatic carbocycles. The molecule has 2 atom stereocenters. The standard InChI is InChI=1S/C11H14FNO/c1-7(13)11-10-8(5-6-14-11)3-2-4-9(10)12/h2-4,7,11H,5-6,13H2,1H3/t7?,11-/m0/s1. The van der Waals surface area contributed by atoms with Crippen LogP contribution < -0.4 is 5.73 Å². The molecule has 0 bridgehead atoms. The molecule has 0 fully saturated rings. The molecule has 1 heterocycles. The molecule has 1 unspecified atom stereocenters. The zero-order chi connectivity index (χ0) is 10.1. The van der Waals surface area contributed by atoms with Crippen LogP contribution in [-0.4, -0.2) is 12.6 Å². The Labute approximate surface area is 82.9 Å². The normalized spacial score (nSPS) is 22.9. The number of rotatable bonds is 1. The summed E-state index contributed by atoms with van der Waals surface area (Å²) in [6.07, 6.45) is 0.482. The minimum atomic E-state index is -0.292. The van der Waals surface area contributed by atoms with E-state index in [-0.39, 0.29) is 18.0 Å². The summed E-state index contributed by atoms with van der Waals surface area (Å²) in [5, 5.41) is 0. The molecule has 2 N–H and O–H groups in total. The van der Waals surface area contributed by atoms with Gasteiger partial charge in [-0.1, -0.05) is 12.1 Å². The first-order chi connectivity index (χ1) is 6.70. The van der Waals surface area contributed by atoms with Crippen LogP contribution in [0.1, 0.15) is 24.2 Å². The highest BCUT2D eigenvalue weighted by Crippen LogP contribution is 2.30. The first kappa shape index (κ1) is 9.62. The number of ether oxygens (including phenoxy) is 1. The van der Waals surface area contributed by atoms with Crippen molar-refractivity contribution < 1.29 is 9.13 Å². The smallest absolute Gasteiger partial charge is 0.129 e. The lowest BCUT2D eigenvalue weighted by Crippen LogP contribution is -2.31. The van der Waals surface area contributed by atoms with Crippen molar-refractivity contribution in [2.45, 2.75) is 25.5 Å². The molecule has 1 aliphatic rings. The molecule has 0 saturated heterocycles. The van der Waals surface area contributed by atoms with Gasteiger partial charge in [0.2, 0.25) is 0 Å². The lowest BCUT2D eigenvalue weighted by atomic mass is 9.94. The monoisotopic (exact) mass is 195 g/mol. The molecule has 3 heteroatoms. The van der Waals surface area contributed by atoms with Crippen molar-refractivity contribution in [1.82, 2.24) is 0 Å². The quantitative estimate of drug-likeness (QED) is 0.741. The summed E-state index contributed by atoms with van der Waals surface area (Å²) in [7, 11) is 0. The fourth-order valence-electron chi connectivity index (χ4n) is 1.91. The van der Waals surface area contributed by atoms with E-state index in [0.717, 1.165) is 12.0 Å². The fourth-order valence-corrected chi connectivity index (χ4v) is 1.91. The largest absolute Gasteiger partial charge is 0.371 e. The van der Waals surface area contributed by atoms with E-state index in [2.05, 4.69) is 0 Å². The molecule has 0 aromatic heterocycles. The summed E-state index contributed by atoms with van der Waals surface area (Å²) in [6.45, 7) is 2.47. The van der Waals surface area contributed by atoms with Gasteiger partial charge in [-0.25, -0.2) is 4.39 Å². The van der Waals surface area contributed by atoms with E-state index in [1.165, 1.54) is 6.07 Å². The van der Waals surface area contributed by atoms with Gasteiger partial charge in [0.15, 0.2) is 0 Å². The van der Waals surface area contributed by atoms with Crippen molar-refractivity contribution in [2.75, 3.05) is 6.61 Å². The third kappa shape index (κ3) is 1.53. The topological polar surface area (TPSA) is 35.2 Å². The highest BCUT2D eigenvalue weighted by Gasteiger charge is 2.26. The Morgan fingerprint density at radius 1 is 1.57 bits per heavy atom. The lowest BCUT2D eigenvalue weighted by molar-refractivity contribution is 0.0257. The van der Waals surface area contributed by atoms with Gasteiger partial charge in [0, 0.05) is 11.6 Å². The first-order valence-corrected chi connectivity index (χ1v) is 4.84. The SMILES string of the molecule is CC(N)[C@@H]1OCCc2cccc(F)c21. The zero-order valence-electron chi connectivity index (χ0n) is 8.16. The van der Waals surface area contributed by atoms with Crippen LogP contribution in [0.3, 0.4) is 0 Å².